The molecule has 3 saturated carbocycles. The Morgan fingerprint density at radius 1 is 0.839 bits per heavy atom. The molecule has 0 bridgehead atoms. The van der Waals surface area contributed by atoms with Gasteiger partial charge in [0.2, 0.25) is 0 Å². The highest BCUT2D eigenvalue weighted by atomic mass is 16.7. The zero-order chi connectivity index (χ0) is 40.7. The molecule has 0 aromatic carbocycles. The van der Waals surface area contributed by atoms with Crippen molar-refractivity contribution >= 4 is 0 Å². The van der Waals surface area contributed by atoms with E-state index in [9.17, 15) is 9.81 Å². The molecule has 15 atom stereocenters. The maximum atomic E-state index is 11.9. The first-order valence-electron chi connectivity index (χ1n) is 21.5. The first-order valence-corrected chi connectivity index (χ1v) is 21.5. The molecule has 14 nitrogen and oxygen atoms in total. The highest BCUT2D eigenvalue weighted by Gasteiger charge is 2.67. The molecule has 6 rings (SSSR count). The molecule has 5 fully saturated rings. The number of rotatable bonds is 16. The van der Waals surface area contributed by atoms with Crippen molar-refractivity contribution in [3.05, 3.63) is 21.5 Å². The average Bonchev–Trinajstić information content (AvgIpc) is 3.45. The van der Waals surface area contributed by atoms with Gasteiger partial charge in [-0.25, -0.2) is 17.7 Å². The summed E-state index contributed by atoms with van der Waals surface area (Å²) in [6.07, 6.45) is 11.4. The minimum atomic E-state index is -0.807. The Hall–Kier alpha value is -1.46. The van der Waals surface area contributed by atoms with E-state index in [0.29, 0.717) is 49.4 Å². The molecule has 6 aliphatic rings. The Bertz CT molecular complexity index is 1400. The molecule has 14 heteroatoms. The molecule has 6 N–H and O–H groups in total. The van der Waals surface area contributed by atoms with Gasteiger partial charge in [-0.05, 0) is 112 Å². The summed E-state index contributed by atoms with van der Waals surface area (Å²) in [4.78, 5) is 39.1. The van der Waals surface area contributed by atoms with E-state index in [2.05, 4.69) is 58.0 Å². The number of nitroso groups, excluding NO2 is 2. The molecule has 2 saturated heterocycles. The standard InChI is InChI=1S/C42H73N5O9/c1-25(30-15-16-42(8)33-12-10-31-32(11-14-34(55-44)38(31,2)3)40(33,6)17-18-41(30,42)7)9-13-35(39(4,5)56-45)54-37-22-27(47-49)19-28(53-37)23-50-36-21-26(46-48)20-29(52-36)24-51-43/h10,25-30,32-37H,9,11-24,43-45H2,1-8H3/t25?,26-,27-,28-,29-,30?,32?,33?,34-,35?,36+,37-,40?,41?,42?/m0/s1. The van der Waals surface area contributed by atoms with Gasteiger partial charge in [0.05, 0.1) is 49.7 Å². The second-order valence-corrected chi connectivity index (χ2v) is 20.3. The van der Waals surface area contributed by atoms with Crippen molar-refractivity contribution < 1.29 is 33.5 Å². The summed E-state index contributed by atoms with van der Waals surface area (Å²) in [5, 5.41) is 6.59. The first-order chi connectivity index (χ1) is 26.5. The van der Waals surface area contributed by atoms with Crippen LogP contribution in [-0.2, 0) is 33.5 Å². The topological polar surface area (TPSA) is 202 Å². The van der Waals surface area contributed by atoms with Crippen LogP contribution in [0.1, 0.15) is 139 Å². The van der Waals surface area contributed by atoms with E-state index >= 15 is 0 Å². The Labute approximate surface area is 334 Å². The predicted molar refractivity (Wildman–Crippen MR) is 212 cm³/mol. The van der Waals surface area contributed by atoms with E-state index in [-0.39, 0.29) is 41.0 Å². The lowest BCUT2D eigenvalue weighted by molar-refractivity contribution is -0.271. The smallest absolute Gasteiger partial charge is 0.160 e. The minimum Gasteiger partial charge on any atom is -0.350 e. The van der Waals surface area contributed by atoms with E-state index in [1.807, 2.05) is 13.8 Å². The van der Waals surface area contributed by atoms with Crippen LogP contribution >= 0.6 is 0 Å². The lowest BCUT2D eigenvalue weighted by Gasteiger charge is -2.66. The minimum absolute atomic E-state index is 0.0455. The number of fused-ring (bicyclic) bond motifs is 5. The molecule has 0 aromatic heterocycles. The third-order valence-corrected chi connectivity index (χ3v) is 16.7. The van der Waals surface area contributed by atoms with Gasteiger partial charge in [0.15, 0.2) is 12.6 Å². The van der Waals surface area contributed by atoms with Gasteiger partial charge in [0.25, 0.3) is 0 Å². The van der Waals surface area contributed by atoms with E-state index in [4.69, 9.17) is 51.2 Å². The molecule has 2 aliphatic heterocycles. The van der Waals surface area contributed by atoms with Crippen molar-refractivity contribution in [1.29, 1.82) is 0 Å². The molecular formula is C42H73N5O9. The maximum Gasteiger partial charge on any atom is 0.160 e. The summed E-state index contributed by atoms with van der Waals surface area (Å²) < 4.78 is 25.1. The highest BCUT2D eigenvalue weighted by Crippen LogP contribution is 2.75. The van der Waals surface area contributed by atoms with Gasteiger partial charge in [-0.3, -0.25) is 4.84 Å². The quantitative estimate of drug-likeness (QED) is 0.0790. The van der Waals surface area contributed by atoms with Crippen LogP contribution in [0, 0.1) is 55.1 Å². The fraction of sp³-hybridized carbons (Fsp3) is 0.952. The van der Waals surface area contributed by atoms with Gasteiger partial charge in [-0.15, -0.1) is 0 Å². The first kappa shape index (κ1) is 44.1. The largest absolute Gasteiger partial charge is 0.350 e. The summed E-state index contributed by atoms with van der Waals surface area (Å²) in [6.45, 7) is 19.1. The fourth-order valence-corrected chi connectivity index (χ4v) is 13.1. The van der Waals surface area contributed by atoms with Gasteiger partial charge >= 0.3 is 0 Å². The summed E-state index contributed by atoms with van der Waals surface area (Å²) in [7, 11) is 0. The van der Waals surface area contributed by atoms with Crippen LogP contribution in [-0.4, -0.2) is 67.9 Å². The lowest BCUT2D eigenvalue weighted by atomic mass is 9.39. The highest BCUT2D eigenvalue weighted by molar-refractivity contribution is 5.30. The summed E-state index contributed by atoms with van der Waals surface area (Å²) in [5.41, 5.74) is 1.48. The number of nitrogens with zero attached hydrogens (tertiary/aromatic N) is 2. The number of allylic oxidation sites excluding steroid dienone is 1. The van der Waals surface area contributed by atoms with Crippen molar-refractivity contribution in [2.24, 2.45) is 73.4 Å². The monoisotopic (exact) mass is 792 g/mol. The Balaban J connectivity index is 1.10. The van der Waals surface area contributed by atoms with Crippen LogP contribution in [0.2, 0.25) is 0 Å². The number of ether oxygens (including phenoxy) is 4. The summed E-state index contributed by atoms with van der Waals surface area (Å²) in [5.74, 6) is 19.2. The maximum absolute atomic E-state index is 11.9. The molecule has 56 heavy (non-hydrogen) atoms. The van der Waals surface area contributed by atoms with Crippen molar-refractivity contribution in [3.8, 4) is 0 Å². The number of hydrogen-bond acceptors (Lipinski definition) is 14. The van der Waals surface area contributed by atoms with Crippen LogP contribution < -0.4 is 17.7 Å². The molecule has 2 heterocycles. The Morgan fingerprint density at radius 3 is 2.14 bits per heavy atom. The number of nitrogens with two attached hydrogens (primary N) is 3. The van der Waals surface area contributed by atoms with Crippen LogP contribution in [0.3, 0.4) is 0 Å². The van der Waals surface area contributed by atoms with Gasteiger partial charge in [-0.2, -0.15) is 9.81 Å². The van der Waals surface area contributed by atoms with Gasteiger partial charge in [0, 0.05) is 31.1 Å². The average molecular weight is 792 g/mol. The normalized spacial score (nSPS) is 43.4. The van der Waals surface area contributed by atoms with Crippen molar-refractivity contribution in [2.45, 2.75) is 194 Å². The van der Waals surface area contributed by atoms with Crippen molar-refractivity contribution in [2.75, 3.05) is 13.2 Å². The SMILES string of the molecule is CC(CCC(O[C@H]1C[C@@H](N=O)C[C@@H](CO[C@H]2C[C@@H](N=O)C[C@@H](CON)O2)O1)C(C)(C)ON)C1CCC2(C)C3CC=C4C(CC[C@H](ON)C4(C)C)C3(C)CCC12C. The Kier molecular flexibility index (Phi) is 13.6. The molecule has 320 valence electrons. The third-order valence-electron chi connectivity index (χ3n) is 16.7. The van der Waals surface area contributed by atoms with Gasteiger partial charge < -0.3 is 28.6 Å². The van der Waals surface area contributed by atoms with Crippen LogP contribution in [0.4, 0.5) is 0 Å². The third kappa shape index (κ3) is 8.19. The zero-order valence-corrected chi connectivity index (χ0v) is 35.4. The molecule has 0 radical (unpaired) electrons. The van der Waals surface area contributed by atoms with Gasteiger partial charge in [0.1, 0.15) is 5.60 Å². The molecular weight excluding hydrogens is 718 g/mol. The molecule has 4 aliphatic carbocycles. The Morgan fingerprint density at radius 2 is 1.50 bits per heavy atom. The van der Waals surface area contributed by atoms with Crippen LogP contribution in [0.25, 0.3) is 0 Å². The predicted octanol–water partition coefficient (Wildman–Crippen LogP) is 7.51. The van der Waals surface area contributed by atoms with E-state index < -0.39 is 48.6 Å². The van der Waals surface area contributed by atoms with Crippen LogP contribution in [0.5, 0.6) is 0 Å². The zero-order valence-electron chi connectivity index (χ0n) is 35.4. The van der Waals surface area contributed by atoms with E-state index in [1.165, 1.54) is 25.7 Å². The van der Waals surface area contributed by atoms with E-state index in [1.54, 1.807) is 5.57 Å². The second-order valence-electron chi connectivity index (χ2n) is 20.3. The molecule has 0 spiro atoms. The lowest BCUT2D eigenvalue weighted by Crippen LogP contribution is -2.59. The fourth-order valence-electron chi connectivity index (χ4n) is 13.1. The van der Waals surface area contributed by atoms with Crippen LogP contribution in [0.15, 0.2) is 22.0 Å². The number of hydrogen-bond donors (Lipinski definition) is 3. The molecule has 8 unspecified atom stereocenters. The molecule has 0 amide bonds. The summed E-state index contributed by atoms with van der Waals surface area (Å²) >= 11 is 0. The summed E-state index contributed by atoms with van der Waals surface area (Å²) in [6, 6.07) is -0.974. The van der Waals surface area contributed by atoms with Crippen molar-refractivity contribution in [3.63, 3.8) is 0 Å². The van der Waals surface area contributed by atoms with E-state index in [0.717, 1.165) is 32.1 Å². The van der Waals surface area contributed by atoms with Crippen molar-refractivity contribution in [1.82, 2.24) is 0 Å². The molecule has 0 aromatic rings. The second kappa shape index (κ2) is 17.3. The van der Waals surface area contributed by atoms with Gasteiger partial charge in [-0.1, -0.05) is 63.5 Å².